The van der Waals surface area contributed by atoms with Crippen molar-refractivity contribution >= 4 is 11.9 Å². The molecule has 2 heterocycles. The number of ether oxygens (including phenoxy) is 1. The average molecular weight is 278 g/mol. The van der Waals surface area contributed by atoms with Crippen LogP contribution in [0.25, 0.3) is 0 Å². The molecule has 1 aliphatic rings. The predicted octanol–water partition coefficient (Wildman–Crippen LogP) is 1.47. The molecule has 1 unspecified atom stereocenters. The molecule has 1 aromatic rings. The lowest BCUT2D eigenvalue weighted by molar-refractivity contribution is 0.0524. The number of aryl methyl sites for hydroxylation is 1. The Morgan fingerprint density at radius 2 is 2.40 bits per heavy atom. The fourth-order valence-corrected chi connectivity index (χ4v) is 2.41. The van der Waals surface area contributed by atoms with Gasteiger partial charge in [-0.05, 0) is 40.3 Å². The Balaban J connectivity index is 2.03. The first kappa shape index (κ1) is 14.7. The molecule has 0 aliphatic carbocycles. The van der Waals surface area contributed by atoms with Crippen LogP contribution in [0.1, 0.15) is 35.8 Å². The SMILES string of the molecule is CCOC(=O)c1cnc(NC2CCCN(C)C2)nc1C. The number of likely N-dealkylation sites (tertiary alicyclic amines) is 1. The van der Waals surface area contributed by atoms with Crippen molar-refractivity contribution in [2.45, 2.75) is 32.7 Å². The summed E-state index contributed by atoms with van der Waals surface area (Å²) in [6.07, 6.45) is 3.83. The second-order valence-electron chi connectivity index (χ2n) is 5.16. The first-order valence-electron chi connectivity index (χ1n) is 7.06. The third-order valence-electron chi connectivity index (χ3n) is 3.43. The quantitative estimate of drug-likeness (QED) is 0.841. The molecule has 6 nitrogen and oxygen atoms in total. The van der Waals surface area contributed by atoms with Gasteiger partial charge in [0.25, 0.3) is 0 Å². The third kappa shape index (κ3) is 3.66. The van der Waals surface area contributed by atoms with Crippen molar-refractivity contribution in [3.8, 4) is 0 Å². The zero-order valence-corrected chi connectivity index (χ0v) is 12.3. The van der Waals surface area contributed by atoms with Gasteiger partial charge in [-0.2, -0.15) is 0 Å². The number of anilines is 1. The van der Waals surface area contributed by atoms with E-state index in [1.54, 1.807) is 13.8 Å². The number of aromatic nitrogens is 2. The molecule has 1 aromatic heterocycles. The van der Waals surface area contributed by atoms with Crippen LogP contribution in [0.4, 0.5) is 5.95 Å². The van der Waals surface area contributed by atoms with E-state index in [0.29, 0.717) is 29.9 Å². The monoisotopic (exact) mass is 278 g/mol. The smallest absolute Gasteiger partial charge is 0.341 e. The molecule has 0 saturated carbocycles. The molecule has 0 radical (unpaired) electrons. The Hall–Kier alpha value is -1.69. The zero-order chi connectivity index (χ0) is 14.5. The van der Waals surface area contributed by atoms with Crippen LogP contribution in [-0.2, 0) is 4.74 Å². The lowest BCUT2D eigenvalue weighted by Gasteiger charge is -2.30. The molecule has 0 amide bonds. The van der Waals surface area contributed by atoms with E-state index in [4.69, 9.17) is 4.74 Å². The molecule has 1 fully saturated rings. The molecule has 110 valence electrons. The van der Waals surface area contributed by atoms with Crippen LogP contribution >= 0.6 is 0 Å². The van der Waals surface area contributed by atoms with Crippen molar-refractivity contribution in [3.05, 3.63) is 17.5 Å². The van der Waals surface area contributed by atoms with Crippen LogP contribution in [0, 0.1) is 6.92 Å². The van der Waals surface area contributed by atoms with Gasteiger partial charge in [0.1, 0.15) is 0 Å². The van der Waals surface area contributed by atoms with Gasteiger partial charge < -0.3 is 15.0 Å². The lowest BCUT2D eigenvalue weighted by atomic mass is 10.1. The van der Waals surface area contributed by atoms with Gasteiger partial charge in [0.15, 0.2) is 0 Å². The highest BCUT2D eigenvalue weighted by molar-refractivity contribution is 5.90. The largest absolute Gasteiger partial charge is 0.462 e. The van der Waals surface area contributed by atoms with Gasteiger partial charge in [-0.3, -0.25) is 0 Å². The maximum absolute atomic E-state index is 11.7. The van der Waals surface area contributed by atoms with Crippen molar-refractivity contribution in [3.63, 3.8) is 0 Å². The van der Waals surface area contributed by atoms with Crippen LogP contribution in [-0.4, -0.2) is 53.6 Å². The minimum atomic E-state index is -0.367. The second kappa shape index (κ2) is 6.65. The summed E-state index contributed by atoms with van der Waals surface area (Å²) in [5, 5.41) is 3.33. The van der Waals surface area contributed by atoms with Crippen LogP contribution in [0.2, 0.25) is 0 Å². The Morgan fingerprint density at radius 1 is 1.60 bits per heavy atom. The van der Waals surface area contributed by atoms with E-state index in [1.807, 2.05) is 0 Å². The Kier molecular flexibility index (Phi) is 4.89. The second-order valence-corrected chi connectivity index (χ2v) is 5.16. The Labute approximate surface area is 119 Å². The van der Waals surface area contributed by atoms with Gasteiger partial charge in [0, 0.05) is 18.8 Å². The highest BCUT2D eigenvalue weighted by atomic mass is 16.5. The number of carbonyl (C=O) groups excluding carboxylic acids is 1. The third-order valence-corrected chi connectivity index (χ3v) is 3.43. The molecular formula is C14H22N4O2. The molecule has 1 aliphatic heterocycles. The van der Waals surface area contributed by atoms with Gasteiger partial charge in [0.2, 0.25) is 5.95 Å². The number of nitrogens with one attached hydrogen (secondary N) is 1. The topological polar surface area (TPSA) is 67.3 Å². The molecule has 0 spiro atoms. The Bertz CT molecular complexity index is 478. The van der Waals surface area contributed by atoms with Gasteiger partial charge in [-0.1, -0.05) is 0 Å². The standard InChI is InChI=1S/C14H22N4O2/c1-4-20-13(19)12-8-15-14(16-10(12)2)17-11-6-5-7-18(3)9-11/h8,11H,4-7,9H2,1-3H3,(H,15,16,17). The summed E-state index contributed by atoms with van der Waals surface area (Å²) in [7, 11) is 2.11. The van der Waals surface area contributed by atoms with E-state index in [9.17, 15) is 4.79 Å². The number of nitrogens with zero attached hydrogens (tertiary/aromatic N) is 3. The van der Waals surface area contributed by atoms with E-state index in [2.05, 4.69) is 27.2 Å². The maximum atomic E-state index is 11.7. The van der Waals surface area contributed by atoms with Crippen molar-refractivity contribution in [1.82, 2.24) is 14.9 Å². The van der Waals surface area contributed by atoms with Crippen LogP contribution in [0.15, 0.2) is 6.20 Å². The highest BCUT2D eigenvalue weighted by Gasteiger charge is 2.19. The van der Waals surface area contributed by atoms with Crippen molar-refractivity contribution < 1.29 is 9.53 Å². The minimum absolute atomic E-state index is 0.354. The molecule has 1 saturated heterocycles. The summed E-state index contributed by atoms with van der Waals surface area (Å²) in [6.45, 7) is 6.06. The molecule has 20 heavy (non-hydrogen) atoms. The fourth-order valence-electron chi connectivity index (χ4n) is 2.41. The van der Waals surface area contributed by atoms with Crippen LogP contribution < -0.4 is 5.32 Å². The van der Waals surface area contributed by atoms with Gasteiger partial charge in [-0.15, -0.1) is 0 Å². The number of hydrogen-bond acceptors (Lipinski definition) is 6. The van der Waals surface area contributed by atoms with E-state index < -0.39 is 0 Å². The number of esters is 1. The van der Waals surface area contributed by atoms with Crippen molar-refractivity contribution in [2.75, 3.05) is 32.1 Å². The van der Waals surface area contributed by atoms with E-state index in [-0.39, 0.29) is 5.97 Å². The van der Waals surface area contributed by atoms with Gasteiger partial charge in [0.05, 0.1) is 17.9 Å². The first-order valence-corrected chi connectivity index (χ1v) is 7.06. The summed E-state index contributed by atoms with van der Waals surface area (Å²) in [5.41, 5.74) is 1.07. The zero-order valence-electron chi connectivity index (χ0n) is 12.3. The number of rotatable bonds is 4. The summed E-state index contributed by atoms with van der Waals surface area (Å²) >= 11 is 0. The number of hydrogen-bond donors (Lipinski definition) is 1. The molecule has 1 atom stereocenters. The van der Waals surface area contributed by atoms with Gasteiger partial charge in [-0.25, -0.2) is 14.8 Å². The van der Waals surface area contributed by atoms with Crippen molar-refractivity contribution in [2.24, 2.45) is 0 Å². The molecular weight excluding hydrogens is 256 g/mol. The molecule has 0 aromatic carbocycles. The van der Waals surface area contributed by atoms with E-state index in [1.165, 1.54) is 12.6 Å². The van der Waals surface area contributed by atoms with Crippen molar-refractivity contribution in [1.29, 1.82) is 0 Å². The fraction of sp³-hybridized carbons (Fsp3) is 0.643. The predicted molar refractivity (Wildman–Crippen MR) is 76.9 cm³/mol. The first-order chi connectivity index (χ1) is 9.60. The van der Waals surface area contributed by atoms with Crippen LogP contribution in [0.3, 0.4) is 0 Å². The summed E-state index contributed by atoms with van der Waals surface area (Å²) < 4.78 is 4.97. The van der Waals surface area contributed by atoms with Gasteiger partial charge >= 0.3 is 5.97 Å². The van der Waals surface area contributed by atoms with Crippen LogP contribution in [0.5, 0.6) is 0 Å². The highest BCUT2D eigenvalue weighted by Crippen LogP contribution is 2.14. The molecule has 1 N–H and O–H groups in total. The minimum Gasteiger partial charge on any atom is -0.462 e. The average Bonchev–Trinajstić information content (AvgIpc) is 2.39. The number of piperidine rings is 1. The number of carbonyl (C=O) groups is 1. The normalized spacial score (nSPS) is 19.6. The maximum Gasteiger partial charge on any atom is 0.341 e. The van der Waals surface area contributed by atoms with E-state index >= 15 is 0 Å². The lowest BCUT2D eigenvalue weighted by Crippen LogP contribution is -2.40. The molecule has 6 heteroatoms. The molecule has 2 rings (SSSR count). The molecule has 0 bridgehead atoms. The Morgan fingerprint density at radius 3 is 3.05 bits per heavy atom. The van der Waals surface area contributed by atoms with E-state index in [0.717, 1.165) is 19.5 Å². The summed E-state index contributed by atoms with van der Waals surface area (Å²) in [5.74, 6) is 0.213. The summed E-state index contributed by atoms with van der Waals surface area (Å²) in [4.78, 5) is 22.5. The summed E-state index contributed by atoms with van der Waals surface area (Å²) in [6, 6.07) is 0.363. The number of likely N-dealkylation sites (N-methyl/N-ethyl adjacent to an activating group) is 1.